The first-order valence-corrected chi connectivity index (χ1v) is 19.6. The lowest BCUT2D eigenvalue weighted by Gasteiger charge is -2.46. The van der Waals surface area contributed by atoms with Crippen LogP contribution in [0.3, 0.4) is 0 Å². The molecule has 0 unspecified atom stereocenters. The predicted octanol–water partition coefficient (Wildman–Crippen LogP) is 3.54. The van der Waals surface area contributed by atoms with Gasteiger partial charge in [-0.05, 0) is 72.6 Å². The molecule has 1 aromatic carbocycles. The summed E-state index contributed by atoms with van der Waals surface area (Å²) in [6, 6.07) is 9.18. The maximum absolute atomic E-state index is 14.0. The van der Waals surface area contributed by atoms with E-state index in [9.17, 15) is 24.3 Å². The van der Waals surface area contributed by atoms with Crippen molar-refractivity contribution in [2.45, 2.75) is 70.8 Å². The number of hydrogen-bond donors (Lipinski definition) is 3. The molecule has 3 aliphatic heterocycles. The monoisotopic (exact) mass is 773 g/mol. The molecule has 57 heavy (non-hydrogen) atoms. The van der Waals surface area contributed by atoms with Crippen LogP contribution in [0, 0.1) is 5.41 Å². The van der Waals surface area contributed by atoms with Gasteiger partial charge in [-0.3, -0.25) is 29.0 Å². The molecule has 2 aliphatic carbocycles. The number of amides is 3. The van der Waals surface area contributed by atoms with Crippen LogP contribution in [0.1, 0.15) is 65.6 Å². The zero-order valence-corrected chi connectivity index (χ0v) is 32.5. The van der Waals surface area contributed by atoms with E-state index in [4.69, 9.17) is 9.72 Å². The Hall–Kier alpha value is -5.64. The predicted molar refractivity (Wildman–Crippen MR) is 213 cm³/mol. The van der Waals surface area contributed by atoms with Crippen LogP contribution in [0.15, 0.2) is 60.2 Å². The van der Waals surface area contributed by atoms with Gasteiger partial charge in [-0.2, -0.15) is 0 Å². The molecular formula is C42H47N9O6. The Morgan fingerprint density at radius 3 is 2.61 bits per heavy atom. The first-order chi connectivity index (χ1) is 27.4. The Morgan fingerprint density at radius 2 is 1.89 bits per heavy atom. The molecule has 15 heteroatoms. The quantitative estimate of drug-likeness (QED) is 0.203. The molecule has 1 atom stereocenters. The summed E-state index contributed by atoms with van der Waals surface area (Å²) < 4.78 is 8.98. The summed E-state index contributed by atoms with van der Waals surface area (Å²) in [7, 11) is 1.62. The Labute approximate surface area is 329 Å². The van der Waals surface area contributed by atoms with Crippen LogP contribution >= 0.6 is 0 Å². The summed E-state index contributed by atoms with van der Waals surface area (Å²) >= 11 is 0. The zero-order chi connectivity index (χ0) is 39.7. The smallest absolute Gasteiger partial charge is 0.293 e. The molecule has 1 saturated carbocycles. The summed E-state index contributed by atoms with van der Waals surface area (Å²) in [5, 5.41) is 16.9. The van der Waals surface area contributed by atoms with Gasteiger partial charge in [-0.25, -0.2) is 9.97 Å². The molecule has 0 spiro atoms. The summed E-state index contributed by atoms with van der Waals surface area (Å²) in [5.74, 6) is -0.164. The number of carbonyl (C=O) groups is 3. The fraction of sp³-hybridized carbons (Fsp3) is 0.429. The molecule has 9 rings (SSSR count). The number of aromatic nitrogens is 4. The first kappa shape index (κ1) is 37.0. The minimum absolute atomic E-state index is 0.0129. The minimum Gasteiger partial charge on any atom is -0.392 e. The topological polar surface area (TPSA) is 167 Å². The van der Waals surface area contributed by atoms with Crippen molar-refractivity contribution in [1.82, 2.24) is 28.9 Å². The van der Waals surface area contributed by atoms with Gasteiger partial charge in [0.2, 0.25) is 11.8 Å². The van der Waals surface area contributed by atoms with Crippen LogP contribution < -0.4 is 21.1 Å². The largest absolute Gasteiger partial charge is 0.392 e. The second-order valence-electron chi connectivity index (χ2n) is 16.6. The molecule has 0 radical (unpaired) electrons. The molecule has 0 bridgehead atoms. The lowest BCUT2D eigenvalue weighted by Crippen LogP contribution is -2.60. The number of carbonyl (C=O) groups excluding carboxylic acids is 3. The van der Waals surface area contributed by atoms with E-state index >= 15 is 0 Å². The van der Waals surface area contributed by atoms with Gasteiger partial charge in [0.15, 0.2) is 5.82 Å². The third-order valence-corrected chi connectivity index (χ3v) is 12.0. The number of pyridine rings is 1. The third kappa shape index (κ3) is 6.62. The van der Waals surface area contributed by atoms with Gasteiger partial charge in [0.05, 0.1) is 44.1 Å². The number of benzene rings is 1. The lowest BCUT2D eigenvalue weighted by atomic mass is 9.90. The third-order valence-electron chi connectivity index (χ3n) is 12.0. The molecular weight excluding hydrogens is 727 g/mol. The van der Waals surface area contributed by atoms with Gasteiger partial charge in [0.1, 0.15) is 11.5 Å². The molecule has 6 heterocycles. The van der Waals surface area contributed by atoms with E-state index in [1.807, 2.05) is 23.1 Å². The number of ether oxygens (including phenoxy) is 1. The highest BCUT2D eigenvalue weighted by atomic mass is 16.5. The van der Waals surface area contributed by atoms with Gasteiger partial charge in [0, 0.05) is 73.3 Å². The Morgan fingerprint density at radius 1 is 1.09 bits per heavy atom. The average Bonchev–Trinajstić information content (AvgIpc) is 3.87. The summed E-state index contributed by atoms with van der Waals surface area (Å²) in [6.45, 7) is 10.8. The fourth-order valence-corrected chi connectivity index (χ4v) is 8.97. The molecule has 3 aromatic heterocycles. The maximum Gasteiger partial charge on any atom is 0.293 e. The highest BCUT2D eigenvalue weighted by molar-refractivity contribution is 6.06. The number of aliphatic hydroxyl groups is 1. The maximum atomic E-state index is 14.0. The molecule has 4 aromatic rings. The van der Waals surface area contributed by atoms with Gasteiger partial charge in [0.25, 0.3) is 11.5 Å². The summed E-state index contributed by atoms with van der Waals surface area (Å²) in [5.41, 5.74) is 5.90. The number of anilines is 4. The van der Waals surface area contributed by atoms with Crippen LogP contribution in [0.4, 0.5) is 23.0 Å². The normalized spacial score (nSPS) is 20.6. The Kier molecular flexibility index (Phi) is 9.13. The average molecular weight is 774 g/mol. The van der Waals surface area contributed by atoms with E-state index in [2.05, 4.69) is 45.5 Å². The second-order valence-corrected chi connectivity index (χ2v) is 16.6. The SMILES string of the molecule is C=CC(=O)Nc1cc(Nc2nc(-c3ccnc(N4CCn5c(cc6c5CC(C)(C)C6)C4=O)c3CO)cn(C)c2=O)ccc1[C@@H]1CN(C2COC2)CC(=O)N1C1CC1. The molecule has 3 fully saturated rings. The van der Waals surface area contributed by atoms with Crippen molar-refractivity contribution in [3.8, 4) is 11.3 Å². The molecule has 3 amide bonds. The zero-order valence-electron chi connectivity index (χ0n) is 32.5. The van der Waals surface area contributed by atoms with Crippen LogP contribution in [-0.2, 0) is 47.4 Å². The summed E-state index contributed by atoms with van der Waals surface area (Å²) in [4.78, 5) is 69.0. The number of fused-ring (bicyclic) bond motifs is 3. The Balaban J connectivity index is 1.03. The van der Waals surface area contributed by atoms with Gasteiger partial charge in [-0.15, -0.1) is 0 Å². The van der Waals surface area contributed by atoms with Gasteiger partial charge < -0.3 is 34.5 Å². The van der Waals surface area contributed by atoms with Crippen LogP contribution in [0.25, 0.3) is 11.3 Å². The Bertz CT molecular complexity index is 2390. The highest BCUT2D eigenvalue weighted by Gasteiger charge is 2.45. The number of aliphatic hydroxyl groups excluding tert-OH is 1. The van der Waals surface area contributed by atoms with Crippen molar-refractivity contribution in [1.29, 1.82) is 0 Å². The molecule has 296 valence electrons. The number of aryl methyl sites for hydroxylation is 1. The molecule has 15 nitrogen and oxygen atoms in total. The van der Waals surface area contributed by atoms with Crippen LogP contribution in [0.5, 0.6) is 0 Å². The van der Waals surface area contributed by atoms with E-state index in [1.54, 1.807) is 36.5 Å². The van der Waals surface area contributed by atoms with Crippen LogP contribution in [-0.4, -0.2) is 96.7 Å². The highest BCUT2D eigenvalue weighted by Crippen LogP contribution is 2.42. The fourth-order valence-electron chi connectivity index (χ4n) is 8.97. The number of nitrogens with one attached hydrogen (secondary N) is 2. The minimum atomic E-state index is -0.415. The van der Waals surface area contributed by atoms with E-state index in [0.717, 1.165) is 31.2 Å². The number of hydrogen-bond acceptors (Lipinski definition) is 10. The number of rotatable bonds is 10. The van der Waals surface area contributed by atoms with E-state index < -0.39 is 18.1 Å². The number of piperazine rings is 1. The van der Waals surface area contributed by atoms with Crippen molar-refractivity contribution in [2.24, 2.45) is 12.5 Å². The van der Waals surface area contributed by atoms with Crippen molar-refractivity contribution < 1.29 is 24.2 Å². The van der Waals surface area contributed by atoms with E-state index in [-0.39, 0.29) is 41.2 Å². The lowest BCUT2D eigenvalue weighted by molar-refractivity contribution is -0.149. The standard InChI is InChI=1S/C42H47N9O6/c1-5-36(53)45-31-15-25(6-9-29(31)35-19-48(27-22-57-23-27)20-37(54)51(35)26-7-8-26)44-38-41(56)47(4)18-32(46-38)28-10-11-43-39(30(28)21-52)50-13-12-49-33(40(50)55)14-24-16-42(2,3)17-34(24)49/h5-6,9-11,14-15,18,26-27,35,52H,1,7-8,12-13,16-17,19-23H2,2-4H3,(H,44,46)(H,45,53)/t35-/m0/s1. The molecule has 5 aliphatic rings. The van der Waals surface area contributed by atoms with E-state index in [1.165, 1.54) is 21.9 Å². The van der Waals surface area contributed by atoms with E-state index in [0.29, 0.717) is 79.1 Å². The number of nitrogens with zero attached hydrogens (tertiary/aromatic N) is 7. The van der Waals surface area contributed by atoms with Crippen molar-refractivity contribution in [2.75, 3.05) is 48.4 Å². The van der Waals surface area contributed by atoms with Crippen molar-refractivity contribution >= 4 is 40.7 Å². The van der Waals surface area contributed by atoms with Gasteiger partial charge in [-0.1, -0.05) is 26.5 Å². The van der Waals surface area contributed by atoms with Crippen molar-refractivity contribution in [3.63, 3.8) is 0 Å². The van der Waals surface area contributed by atoms with Crippen LogP contribution in [0.2, 0.25) is 0 Å². The van der Waals surface area contributed by atoms with Crippen molar-refractivity contribution in [3.05, 3.63) is 93.8 Å². The molecule has 3 N–H and O–H groups in total. The summed E-state index contributed by atoms with van der Waals surface area (Å²) in [6.07, 6.45) is 8.08. The first-order valence-electron chi connectivity index (χ1n) is 19.6. The molecule has 2 saturated heterocycles. The van der Waals surface area contributed by atoms with Gasteiger partial charge >= 0.3 is 0 Å². The second kappa shape index (κ2) is 14.1.